The van der Waals surface area contributed by atoms with Crippen LogP contribution in [0.4, 0.5) is 0 Å². The second-order valence-corrected chi connectivity index (χ2v) is 9.06. The number of nitrogens with zero attached hydrogens (tertiary/aromatic N) is 3. The number of ether oxygens (including phenoxy) is 1. The van der Waals surface area contributed by atoms with Crippen molar-refractivity contribution in [1.82, 2.24) is 14.4 Å². The number of rotatable bonds is 5. The number of amides is 2. The molecule has 7 nitrogen and oxygen atoms in total. The molecule has 180 valence electrons. The Kier molecular flexibility index (Phi) is 6.07. The lowest BCUT2D eigenvalue weighted by Gasteiger charge is -2.40. The molecule has 3 heterocycles. The molecule has 0 radical (unpaired) electrons. The Labute approximate surface area is 204 Å². The normalized spacial score (nSPS) is 16.0. The van der Waals surface area contributed by atoms with Gasteiger partial charge in [-0.15, -0.1) is 0 Å². The number of methoxy groups -OCH3 is 1. The zero-order valence-corrected chi connectivity index (χ0v) is 20.2. The highest BCUT2D eigenvalue weighted by molar-refractivity contribution is 5.99. The van der Waals surface area contributed by atoms with Gasteiger partial charge < -0.3 is 23.5 Å². The molecule has 0 bridgehead atoms. The maximum absolute atomic E-state index is 13.7. The van der Waals surface area contributed by atoms with E-state index in [-0.39, 0.29) is 17.9 Å². The third-order valence-corrected chi connectivity index (χ3v) is 6.75. The molecule has 1 aliphatic heterocycles. The molecule has 1 fully saturated rings. The Bertz CT molecular complexity index is 1390. The van der Waals surface area contributed by atoms with Crippen molar-refractivity contribution in [1.29, 1.82) is 0 Å². The molecule has 0 spiro atoms. The van der Waals surface area contributed by atoms with Crippen molar-refractivity contribution in [3.63, 3.8) is 0 Å². The van der Waals surface area contributed by atoms with Gasteiger partial charge in [-0.3, -0.25) is 9.59 Å². The fourth-order valence-corrected chi connectivity index (χ4v) is 4.84. The van der Waals surface area contributed by atoms with Gasteiger partial charge in [0.05, 0.1) is 19.9 Å². The summed E-state index contributed by atoms with van der Waals surface area (Å²) in [6.45, 7) is 5.87. The molecule has 5 rings (SSSR count). The first-order chi connectivity index (χ1) is 17.0. The van der Waals surface area contributed by atoms with E-state index in [2.05, 4.69) is 0 Å². The minimum Gasteiger partial charge on any atom is -0.497 e. The van der Waals surface area contributed by atoms with Crippen LogP contribution in [0.5, 0.6) is 5.75 Å². The predicted molar refractivity (Wildman–Crippen MR) is 134 cm³/mol. The smallest absolute Gasteiger partial charge is 0.270 e. The minimum absolute atomic E-state index is 0.0154. The Hall–Kier alpha value is -4.00. The highest BCUT2D eigenvalue weighted by Gasteiger charge is 2.32. The van der Waals surface area contributed by atoms with E-state index in [9.17, 15) is 9.59 Å². The standard InChI is InChI=1S/C28H29N3O4/c1-19-7-4-5-10-24(19)26(32)30-13-12-29(17-20(30)2)27(33)25-16-22-11-14-35-28(22)31(25)18-21-8-6-9-23(15-21)34-3/h4-11,14-16,20H,12-13,17-18H2,1-3H3. The molecule has 0 N–H and O–H groups in total. The van der Waals surface area contributed by atoms with Gasteiger partial charge >= 0.3 is 0 Å². The number of hydrogen-bond donors (Lipinski definition) is 0. The van der Waals surface area contributed by atoms with E-state index in [0.29, 0.717) is 43.1 Å². The largest absolute Gasteiger partial charge is 0.497 e. The lowest BCUT2D eigenvalue weighted by molar-refractivity contribution is 0.0409. The summed E-state index contributed by atoms with van der Waals surface area (Å²) < 4.78 is 13.0. The van der Waals surface area contributed by atoms with Crippen molar-refractivity contribution in [2.24, 2.45) is 0 Å². The van der Waals surface area contributed by atoms with Crippen LogP contribution in [0.2, 0.25) is 0 Å². The van der Waals surface area contributed by atoms with Crippen molar-refractivity contribution >= 4 is 22.9 Å². The first kappa shape index (κ1) is 22.8. The van der Waals surface area contributed by atoms with Crippen LogP contribution in [-0.4, -0.2) is 59.0 Å². The van der Waals surface area contributed by atoms with Crippen molar-refractivity contribution < 1.29 is 18.7 Å². The van der Waals surface area contributed by atoms with Gasteiger partial charge in [-0.25, -0.2) is 0 Å². The van der Waals surface area contributed by atoms with Crippen LogP contribution in [0.3, 0.4) is 0 Å². The molecule has 4 aromatic rings. The lowest BCUT2D eigenvalue weighted by Crippen LogP contribution is -2.55. The van der Waals surface area contributed by atoms with E-state index < -0.39 is 0 Å². The average Bonchev–Trinajstić information content (AvgIpc) is 3.46. The SMILES string of the molecule is COc1cccc(Cn2c(C(=O)N3CCN(C(=O)c4ccccc4C)C(C)C3)cc3ccoc32)c1. The number of carbonyl (C=O) groups excluding carboxylic acids is 2. The van der Waals surface area contributed by atoms with Gasteiger partial charge in [-0.1, -0.05) is 30.3 Å². The number of aryl methyl sites for hydroxylation is 1. The molecule has 1 unspecified atom stereocenters. The number of piperazine rings is 1. The molecular formula is C28H29N3O4. The quantitative estimate of drug-likeness (QED) is 0.427. The van der Waals surface area contributed by atoms with Crippen molar-refractivity contribution in [2.75, 3.05) is 26.7 Å². The Morgan fingerprint density at radius 1 is 1.03 bits per heavy atom. The number of hydrogen-bond acceptors (Lipinski definition) is 4. The summed E-state index contributed by atoms with van der Waals surface area (Å²) in [5.74, 6) is 0.720. The topological polar surface area (TPSA) is 67.9 Å². The van der Waals surface area contributed by atoms with Crippen LogP contribution in [-0.2, 0) is 6.54 Å². The highest BCUT2D eigenvalue weighted by atomic mass is 16.5. The number of carbonyl (C=O) groups is 2. The summed E-state index contributed by atoms with van der Waals surface area (Å²) in [6.07, 6.45) is 1.64. The molecule has 1 aliphatic rings. The third kappa shape index (κ3) is 4.30. The summed E-state index contributed by atoms with van der Waals surface area (Å²) >= 11 is 0. The number of fused-ring (bicyclic) bond motifs is 1. The summed E-state index contributed by atoms with van der Waals surface area (Å²) in [5, 5.41) is 0.887. The van der Waals surface area contributed by atoms with Gasteiger partial charge in [0, 0.05) is 36.6 Å². The molecule has 2 amide bonds. The van der Waals surface area contributed by atoms with Crippen LogP contribution >= 0.6 is 0 Å². The van der Waals surface area contributed by atoms with E-state index >= 15 is 0 Å². The van der Waals surface area contributed by atoms with E-state index in [1.807, 2.05) is 88.9 Å². The van der Waals surface area contributed by atoms with Gasteiger partial charge in [0.2, 0.25) is 5.71 Å². The molecule has 35 heavy (non-hydrogen) atoms. The van der Waals surface area contributed by atoms with E-state index in [1.54, 1.807) is 13.4 Å². The molecular weight excluding hydrogens is 442 g/mol. The van der Waals surface area contributed by atoms with Crippen LogP contribution in [0.25, 0.3) is 11.1 Å². The number of benzene rings is 2. The van der Waals surface area contributed by atoms with Crippen LogP contribution in [0, 0.1) is 6.92 Å². The Balaban J connectivity index is 1.37. The van der Waals surface area contributed by atoms with Gasteiger partial charge in [-0.2, -0.15) is 0 Å². The fraction of sp³-hybridized carbons (Fsp3) is 0.286. The van der Waals surface area contributed by atoms with Crippen LogP contribution < -0.4 is 4.74 Å². The minimum atomic E-state index is -0.0930. The second kappa shape index (κ2) is 9.33. The average molecular weight is 472 g/mol. The molecule has 1 atom stereocenters. The third-order valence-electron chi connectivity index (χ3n) is 6.75. The first-order valence-corrected chi connectivity index (χ1v) is 11.8. The molecule has 0 saturated carbocycles. The van der Waals surface area contributed by atoms with Crippen molar-refractivity contribution in [3.8, 4) is 5.75 Å². The molecule has 1 saturated heterocycles. The van der Waals surface area contributed by atoms with E-state index in [0.717, 1.165) is 22.3 Å². The van der Waals surface area contributed by atoms with Gasteiger partial charge in [0.1, 0.15) is 11.4 Å². The Morgan fingerprint density at radius 3 is 2.63 bits per heavy atom. The number of furan rings is 1. The van der Waals surface area contributed by atoms with Crippen LogP contribution in [0.1, 0.15) is 38.9 Å². The van der Waals surface area contributed by atoms with Crippen molar-refractivity contribution in [3.05, 3.63) is 89.3 Å². The fourth-order valence-electron chi connectivity index (χ4n) is 4.84. The molecule has 7 heteroatoms. The molecule has 0 aliphatic carbocycles. The summed E-state index contributed by atoms with van der Waals surface area (Å²) in [7, 11) is 1.64. The maximum Gasteiger partial charge on any atom is 0.270 e. The number of aromatic nitrogens is 1. The molecule has 2 aromatic carbocycles. The van der Waals surface area contributed by atoms with E-state index in [4.69, 9.17) is 9.15 Å². The van der Waals surface area contributed by atoms with Gasteiger partial charge in [-0.05, 0) is 55.3 Å². The Morgan fingerprint density at radius 2 is 1.86 bits per heavy atom. The predicted octanol–water partition coefficient (Wildman–Crippen LogP) is 4.59. The monoisotopic (exact) mass is 471 g/mol. The zero-order chi connectivity index (χ0) is 24.5. The van der Waals surface area contributed by atoms with E-state index in [1.165, 1.54) is 0 Å². The lowest BCUT2D eigenvalue weighted by atomic mass is 10.1. The zero-order valence-electron chi connectivity index (χ0n) is 20.2. The van der Waals surface area contributed by atoms with Gasteiger partial charge in [0.15, 0.2) is 0 Å². The molecule has 2 aromatic heterocycles. The maximum atomic E-state index is 13.7. The first-order valence-electron chi connectivity index (χ1n) is 11.8. The summed E-state index contributed by atoms with van der Waals surface area (Å²) in [6, 6.07) is 19.1. The van der Waals surface area contributed by atoms with Crippen LogP contribution in [0.15, 0.2) is 71.3 Å². The van der Waals surface area contributed by atoms with Gasteiger partial charge in [0.25, 0.3) is 11.8 Å². The summed E-state index contributed by atoms with van der Waals surface area (Å²) in [5.41, 5.74) is 3.92. The van der Waals surface area contributed by atoms with Crippen molar-refractivity contribution in [2.45, 2.75) is 26.4 Å². The highest BCUT2D eigenvalue weighted by Crippen LogP contribution is 2.26. The second-order valence-electron chi connectivity index (χ2n) is 9.06. The summed E-state index contributed by atoms with van der Waals surface area (Å²) in [4.78, 5) is 30.6.